The van der Waals surface area contributed by atoms with Gasteiger partial charge >= 0.3 is 5.97 Å². The predicted molar refractivity (Wildman–Crippen MR) is 73.5 cm³/mol. The number of carboxylic acids is 1. The molecule has 0 aliphatic rings. The number of pyridine rings is 1. The van der Waals surface area contributed by atoms with Crippen molar-refractivity contribution in [3.8, 4) is 0 Å². The maximum atomic E-state index is 11.9. The van der Waals surface area contributed by atoms with Crippen LogP contribution in [0.3, 0.4) is 0 Å². The summed E-state index contributed by atoms with van der Waals surface area (Å²) in [7, 11) is 0. The van der Waals surface area contributed by atoms with E-state index in [1.54, 1.807) is 0 Å². The molecule has 2 aromatic rings. The van der Waals surface area contributed by atoms with E-state index in [1.807, 2.05) is 0 Å². The molecule has 0 spiro atoms. The number of nitrogens with one attached hydrogen (secondary N) is 1. The summed E-state index contributed by atoms with van der Waals surface area (Å²) in [6, 6.07) is 5.66. The summed E-state index contributed by atoms with van der Waals surface area (Å²) >= 11 is 12.3. The number of nitrogens with zero attached hydrogens (tertiary/aromatic N) is 1. The van der Waals surface area contributed by atoms with Crippen LogP contribution in [0.15, 0.2) is 24.3 Å². The van der Waals surface area contributed by atoms with Crippen molar-refractivity contribution in [2.24, 2.45) is 0 Å². The number of halogens is 2. The molecule has 98 valence electrons. The van der Waals surface area contributed by atoms with Crippen molar-refractivity contribution >= 4 is 51.4 Å². The van der Waals surface area contributed by atoms with Gasteiger partial charge in [-0.3, -0.25) is 4.79 Å². The second-order valence-corrected chi connectivity index (χ2v) is 5.28. The molecule has 8 heteroatoms. The van der Waals surface area contributed by atoms with Gasteiger partial charge in [-0.2, -0.15) is 0 Å². The minimum absolute atomic E-state index is 0.107. The fourth-order valence-electron chi connectivity index (χ4n) is 1.30. The summed E-state index contributed by atoms with van der Waals surface area (Å²) in [5.41, 5.74) is 0.246. The van der Waals surface area contributed by atoms with Crippen LogP contribution < -0.4 is 5.32 Å². The molecular weight excluding hydrogens is 311 g/mol. The first-order chi connectivity index (χ1) is 8.95. The van der Waals surface area contributed by atoms with Gasteiger partial charge in [0, 0.05) is 5.56 Å². The quantitative estimate of drug-likeness (QED) is 0.850. The first kappa shape index (κ1) is 13.8. The molecule has 1 amide bonds. The number of carbonyl (C=O) groups is 2. The Bertz CT molecular complexity index is 637. The van der Waals surface area contributed by atoms with Crippen molar-refractivity contribution < 1.29 is 14.7 Å². The summed E-state index contributed by atoms with van der Waals surface area (Å²) < 4.78 is 0. The van der Waals surface area contributed by atoms with Crippen molar-refractivity contribution in [3.63, 3.8) is 0 Å². The Kier molecular flexibility index (Phi) is 4.04. The molecule has 0 atom stereocenters. The van der Waals surface area contributed by atoms with E-state index < -0.39 is 11.9 Å². The second-order valence-electron chi connectivity index (χ2n) is 3.42. The third-order valence-corrected chi connectivity index (χ3v) is 3.45. The van der Waals surface area contributed by atoms with Gasteiger partial charge < -0.3 is 10.4 Å². The van der Waals surface area contributed by atoms with Crippen molar-refractivity contribution in [3.05, 3.63) is 45.0 Å². The van der Waals surface area contributed by atoms with E-state index in [1.165, 1.54) is 24.3 Å². The number of carbonyl (C=O) groups excluding carboxylic acids is 1. The molecule has 2 heterocycles. The van der Waals surface area contributed by atoms with Crippen molar-refractivity contribution in [2.75, 3.05) is 5.32 Å². The Hall–Kier alpha value is -1.63. The zero-order valence-corrected chi connectivity index (χ0v) is 11.5. The molecule has 0 saturated heterocycles. The second kappa shape index (κ2) is 5.56. The first-order valence-corrected chi connectivity index (χ1v) is 6.50. The van der Waals surface area contributed by atoms with Gasteiger partial charge in [-0.15, -0.1) is 11.3 Å². The van der Waals surface area contributed by atoms with Crippen LogP contribution in [-0.2, 0) is 0 Å². The summed E-state index contributed by atoms with van der Waals surface area (Å²) in [6.45, 7) is 0. The number of aromatic carboxylic acids is 1. The molecule has 2 N–H and O–H groups in total. The Morgan fingerprint density at radius 2 is 1.84 bits per heavy atom. The van der Waals surface area contributed by atoms with Crippen molar-refractivity contribution in [2.45, 2.75) is 0 Å². The third kappa shape index (κ3) is 3.44. The minimum atomic E-state index is -1.04. The molecule has 19 heavy (non-hydrogen) atoms. The van der Waals surface area contributed by atoms with Crippen LogP contribution in [0.4, 0.5) is 5.00 Å². The molecule has 0 bridgehead atoms. The maximum Gasteiger partial charge on any atom is 0.345 e. The highest BCUT2D eigenvalue weighted by Crippen LogP contribution is 2.23. The molecular formula is C11H6Cl2N2O3S. The van der Waals surface area contributed by atoms with Crippen molar-refractivity contribution in [1.29, 1.82) is 0 Å². The Labute approximate surface area is 121 Å². The van der Waals surface area contributed by atoms with Crippen LogP contribution >= 0.6 is 34.5 Å². The first-order valence-electron chi connectivity index (χ1n) is 4.93. The number of hydrogen-bond acceptors (Lipinski definition) is 4. The van der Waals surface area contributed by atoms with E-state index in [4.69, 9.17) is 28.3 Å². The van der Waals surface area contributed by atoms with Gasteiger partial charge in [0.25, 0.3) is 5.91 Å². The molecule has 0 fully saturated rings. The van der Waals surface area contributed by atoms with Gasteiger partial charge in [-0.25, -0.2) is 9.78 Å². The molecule has 0 aliphatic carbocycles. The Morgan fingerprint density at radius 3 is 2.37 bits per heavy atom. The largest absolute Gasteiger partial charge is 0.477 e. The van der Waals surface area contributed by atoms with E-state index in [2.05, 4.69) is 10.3 Å². The molecule has 0 saturated carbocycles. The summed E-state index contributed by atoms with van der Waals surface area (Å²) in [6.07, 6.45) is 0. The van der Waals surface area contributed by atoms with Crippen LogP contribution in [0.1, 0.15) is 20.0 Å². The maximum absolute atomic E-state index is 11.9. The smallest absolute Gasteiger partial charge is 0.345 e. The molecule has 0 unspecified atom stereocenters. The van der Waals surface area contributed by atoms with Gasteiger partial charge in [0.2, 0.25) is 0 Å². The van der Waals surface area contributed by atoms with Gasteiger partial charge in [0.1, 0.15) is 15.2 Å². The number of anilines is 1. The van der Waals surface area contributed by atoms with Gasteiger partial charge in [0.05, 0.1) is 5.00 Å². The molecule has 0 radical (unpaired) electrons. The number of aromatic nitrogens is 1. The lowest BCUT2D eigenvalue weighted by Crippen LogP contribution is -2.11. The van der Waals surface area contributed by atoms with Gasteiger partial charge in [-0.1, -0.05) is 23.2 Å². The van der Waals surface area contributed by atoms with Crippen LogP contribution in [0, 0.1) is 0 Å². The molecule has 5 nitrogen and oxygen atoms in total. The Morgan fingerprint density at radius 1 is 1.21 bits per heavy atom. The highest BCUT2D eigenvalue weighted by atomic mass is 35.5. The van der Waals surface area contributed by atoms with E-state index in [0.717, 1.165) is 11.3 Å². The molecule has 0 aliphatic heterocycles. The average Bonchev–Trinajstić information content (AvgIpc) is 2.76. The lowest BCUT2D eigenvalue weighted by atomic mass is 10.2. The van der Waals surface area contributed by atoms with Crippen LogP contribution in [-0.4, -0.2) is 22.0 Å². The predicted octanol–water partition coefficient (Wildman–Crippen LogP) is 3.40. The minimum Gasteiger partial charge on any atom is -0.477 e. The van der Waals surface area contributed by atoms with Gasteiger partial charge in [0.15, 0.2) is 0 Å². The number of rotatable bonds is 3. The summed E-state index contributed by atoms with van der Waals surface area (Å²) in [4.78, 5) is 26.5. The lowest BCUT2D eigenvalue weighted by molar-refractivity contribution is 0.0702. The highest BCUT2D eigenvalue weighted by molar-refractivity contribution is 7.18. The van der Waals surface area contributed by atoms with Crippen molar-refractivity contribution in [1.82, 2.24) is 4.98 Å². The fraction of sp³-hybridized carbons (Fsp3) is 0. The summed E-state index contributed by atoms with van der Waals surface area (Å²) in [5.74, 6) is -1.48. The van der Waals surface area contributed by atoms with Gasteiger partial charge in [-0.05, 0) is 24.3 Å². The normalized spacial score (nSPS) is 10.2. The van der Waals surface area contributed by atoms with E-state index in [-0.39, 0.29) is 20.7 Å². The standard InChI is InChI=1S/C11H6Cl2N2O3S/c12-7-3-5(4-8(13)14-7)10(16)15-9-2-1-6(19-9)11(17)18/h1-4H,(H,15,16)(H,17,18). The Balaban J connectivity index is 2.18. The lowest BCUT2D eigenvalue weighted by Gasteiger charge is -2.03. The fourth-order valence-corrected chi connectivity index (χ4v) is 2.50. The molecule has 2 aromatic heterocycles. The topological polar surface area (TPSA) is 79.3 Å². The monoisotopic (exact) mass is 316 g/mol. The zero-order chi connectivity index (χ0) is 14.0. The third-order valence-electron chi connectivity index (χ3n) is 2.08. The van der Waals surface area contributed by atoms with E-state index in [0.29, 0.717) is 5.00 Å². The van der Waals surface area contributed by atoms with Crippen LogP contribution in [0.2, 0.25) is 10.3 Å². The summed E-state index contributed by atoms with van der Waals surface area (Å²) in [5, 5.41) is 12.0. The number of amides is 1. The molecule has 0 aromatic carbocycles. The van der Waals surface area contributed by atoms with Crippen LogP contribution in [0.25, 0.3) is 0 Å². The average molecular weight is 317 g/mol. The van der Waals surface area contributed by atoms with E-state index in [9.17, 15) is 9.59 Å². The van der Waals surface area contributed by atoms with Crippen LogP contribution in [0.5, 0.6) is 0 Å². The number of thiophene rings is 1. The highest BCUT2D eigenvalue weighted by Gasteiger charge is 2.12. The van der Waals surface area contributed by atoms with E-state index >= 15 is 0 Å². The number of hydrogen-bond donors (Lipinski definition) is 2. The molecule has 2 rings (SSSR count). The number of carboxylic acid groups (broad SMARTS) is 1. The zero-order valence-electron chi connectivity index (χ0n) is 9.18. The SMILES string of the molecule is O=C(Nc1ccc(C(=O)O)s1)c1cc(Cl)nc(Cl)c1.